The van der Waals surface area contributed by atoms with E-state index in [-0.39, 0.29) is 0 Å². The van der Waals surface area contributed by atoms with Crippen molar-refractivity contribution < 1.29 is 8.83 Å². The highest BCUT2D eigenvalue weighted by atomic mass is 16.3. The van der Waals surface area contributed by atoms with E-state index in [4.69, 9.17) is 23.8 Å². The summed E-state index contributed by atoms with van der Waals surface area (Å²) >= 11 is 0. The first kappa shape index (κ1) is 31.5. The zero-order valence-electron chi connectivity index (χ0n) is 30.4. The van der Waals surface area contributed by atoms with E-state index in [2.05, 4.69) is 132 Å². The molecule has 0 aliphatic carbocycles. The number of hydrogen-bond acceptors (Lipinski definition) is 5. The van der Waals surface area contributed by atoms with E-state index in [0.717, 1.165) is 99.1 Å². The molecule has 4 heterocycles. The minimum Gasteiger partial charge on any atom is -0.456 e. The van der Waals surface area contributed by atoms with Crippen LogP contribution in [0.4, 0.5) is 0 Å². The number of benzene rings is 8. The maximum atomic E-state index is 6.71. The average Bonchev–Trinajstić information content (AvgIpc) is 3.96. The molecule has 0 aliphatic rings. The first-order valence-corrected chi connectivity index (χ1v) is 19.0. The molecule has 6 heteroatoms. The summed E-state index contributed by atoms with van der Waals surface area (Å²) in [4.78, 5) is 15.4. The first-order valence-electron chi connectivity index (χ1n) is 19.0. The quantitative estimate of drug-likeness (QED) is 0.176. The van der Waals surface area contributed by atoms with Crippen LogP contribution in [0.15, 0.2) is 191 Å². The molecule has 0 saturated carbocycles. The smallest absolute Gasteiger partial charge is 0.238 e. The Kier molecular flexibility index (Phi) is 6.83. The van der Waals surface area contributed by atoms with Crippen molar-refractivity contribution in [3.8, 4) is 51.0 Å². The Bertz CT molecular complexity index is 3490. The second-order valence-corrected chi connectivity index (χ2v) is 14.4. The number of fused-ring (bicyclic) bond motifs is 9. The Balaban J connectivity index is 1.02. The van der Waals surface area contributed by atoms with Crippen molar-refractivity contribution in [2.75, 3.05) is 0 Å². The number of hydrogen-bond donors (Lipinski definition) is 0. The van der Waals surface area contributed by atoms with Gasteiger partial charge >= 0.3 is 0 Å². The van der Waals surface area contributed by atoms with E-state index in [0.29, 0.717) is 17.6 Å². The Hall–Kier alpha value is -7.83. The SMILES string of the molecule is c1ccc(-c2nc(-c3cccc(-c4cccc5oc6c(-c7ccc8c(c7)oc7ccccc78)cccc6c45)c3)nc(-n3c4ccccc4c4ccccc43)n2)cc1. The fourth-order valence-electron chi connectivity index (χ4n) is 8.48. The van der Waals surface area contributed by atoms with Crippen LogP contribution < -0.4 is 0 Å². The molecule has 0 saturated heterocycles. The van der Waals surface area contributed by atoms with Crippen molar-refractivity contribution in [1.82, 2.24) is 19.5 Å². The van der Waals surface area contributed by atoms with Crippen molar-refractivity contribution in [1.29, 1.82) is 0 Å². The van der Waals surface area contributed by atoms with E-state index in [9.17, 15) is 0 Å². The van der Waals surface area contributed by atoms with Gasteiger partial charge in [-0.05, 0) is 59.2 Å². The highest BCUT2D eigenvalue weighted by molar-refractivity contribution is 6.16. The van der Waals surface area contributed by atoms with Gasteiger partial charge in [0.2, 0.25) is 5.95 Å². The Morgan fingerprint density at radius 3 is 1.75 bits per heavy atom. The molecule has 12 aromatic rings. The lowest BCUT2D eigenvalue weighted by Gasteiger charge is -2.12. The fourth-order valence-corrected chi connectivity index (χ4v) is 8.48. The van der Waals surface area contributed by atoms with Gasteiger partial charge in [0.15, 0.2) is 11.6 Å². The molecule has 12 rings (SSSR count). The Morgan fingerprint density at radius 1 is 0.351 bits per heavy atom. The summed E-state index contributed by atoms with van der Waals surface area (Å²) in [5.41, 5.74) is 11.5. The summed E-state index contributed by atoms with van der Waals surface area (Å²) in [7, 11) is 0. The van der Waals surface area contributed by atoms with E-state index in [1.165, 1.54) is 0 Å². The molecule has 0 amide bonds. The number of furan rings is 2. The van der Waals surface area contributed by atoms with Crippen LogP contribution in [-0.2, 0) is 0 Å². The molecular weight excluding hydrogens is 701 g/mol. The molecule has 0 spiro atoms. The van der Waals surface area contributed by atoms with Crippen LogP contribution in [0.5, 0.6) is 0 Å². The predicted molar refractivity (Wildman–Crippen MR) is 230 cm³/mol. The first-order chi connectivity index (χ1) is 28.2. The van der Waals surface area contributed by atoms with Crippen LogP contribution in [0.1, 0.15) is 0 Å². The van der Waals surface area contributed by atoms with Gasteiger partial charge in [0.1, 0.15) is 22.3 Å². The monoisotopic (exact) mass is 730 g/mol. The van der Waals surface area contributed by atoms with Crippen molar-refractivity contribution >= 4 is 65.7 Å². The molecule has 4 aromatic heterocycles. The highest BCUT2D eigenvalue weighted by Crippen LogP contribution is 2.42. The van der Waals surface area contributed by atoms with Crippen LogP contribution in [-0.4, -0.2) is 19.5 Å². The van der Waals surface area contributed by atoms with Crippen LogP contribution in [0.25, 0.3) is 117 Å². The van der Waals surface area contributed by atoms with Crippen LogP contribution >= 0.6 is 0 Å². The maximum absolute atomic E-state index is 6.71. The van der Waals surface area contributed by atoms with E-state index in [1.54, 1.807) is 0 Å². The molecule has 0 N–H and O–H groups in total. The summed E-state index contributed by atoms with van der Waals surface area (Å²) in [5.74, 6) is 1.77. The van der Waals surface area contributed by atoms with Gasteiger partial charge in [-0.2, -0.15) is 9.97 Å². The molecule has 0 aliphatic heterocycles. The molecule has 0 atom stereocenters. The molecule has 0 fully saturated rings. The van der Waals surface area contributed by atoms with Gasteiger partial charge in [-0.25, -0.2) is 4.98 Å². The highest BCUT2D eigenvalue weighted by Gasteiger charge is 2.20. The molecule has 0 radical (unpaired) electrons. The van der Waals surface area contributed by atoms with Crippen molar-refractivity contribution in [3.63, 3.8) is 0 Å². The van der Waals surface area contributed by atoms with Gasteiger partial charge in [0.25, 0.3) is 0 Å². The normalized spacial score (nSPS) is 11.9. The average molecular weight is 731 g/mol. The second kappa shape index (κ2) is 12.3. The van der Waals surface area contributed by atoms with E-state index < -0.39 is 0 Å². The Morgan fingerprint density at radius 2 is 0.930 bits per heavy atom. The number of rotatable bonds is 5. The molecule has 0 bridgehead atoms. The number of para-hydroxylation sites is 4. The van der Waals surface area contributed by atoms with Crippen LogP contribution in [0.2, 0.25) is 0 Å². The molecule has 0 unspecified atom stereocenters. The van der Waals surface area contributed by atoms with Gasteiger partial charge in [-0.1, -0.05) is 140 Å². The number of nitrogens with zero attached hydrogens (tertiary/aromatic N) is 4. The van der Waals surface area contributed by atoms with Gasteiger partial charge in [0, 0.05) is 49.0 Å². The second-order valence-electron chi connectivity index (χ2n) is 14.4. The minimum atomic E-state index is 0.568. The third-order valence-corrected chi connectivity index (χ3v) is 11.1. The maximum Gasteiger partial charge on any atom is 0.238 e. The lowest BCUT2D eigenvalue weighted by molar-refractivity contribution is 0.668. The minimum absolute atomic E-state index is 0.568. The van der Waals surface area contributed by atoms with Gasteiger partial charge in [-0.3, -0.25) is 4.57 Å². The number of aromatic nitrogens is 4. The zero-order valence-corrected chi connectivity index (χ0v) is 30.4. The molecule has 8 aromatic carbocycles. The Labute approximate surface area is 325 Å². The summed E-state index contributed by atoms with van der Waals surface area (Å²) in [6.45, 7) is 0. The third kappa shape index (κ3) is 4.94. The van der Waals surface area contributed by atoms with E-state index >= 15 is 0 Å². The molecule has 57 heavy (non-hydrogen) atoms. The fraction of sp³-hybridized carbons (Fsp3) is 0. The molecular formula is C51H30N4O2. The predicted octanol–water partition coefficient (Wildman–Crippen LogP) is 13.4. The molecule has 6 nitrogen and oxygen atoms in total. The summed E-state index contributed by atoms with van der Waals surface area (Å²) in [6, 6.07) is 62.6. The van der Waals surface area contributed by atoms with Crippen LogP contribution in [0, 0.1) is 0 Å². The van der Waals surface area contributed by atoms with Crippen molar-refractivity contribution in [3.05, 3.63) is 182 Å². The summed E-state index contributed by atoms with van der Waals surface area (Å²) in [6.07, 6.45) is 0. The van der Waals surface area contributed by atoms with Crippen molar-refractivity contribution in [2.45, 2.75) is 0 Å². The van der Waals surface area contributed by atoms with Gasteiger partial charge < -0.3 is 8.83 Å². The van der Waals surface area contributed by atoms with Gasteiger partial charge in [-0.15, -0.1) is 0 Å². The molecule has 266 valence electrons. The largest absolute Gasteiger partial charge is 0.456 e. The lowest BCUT2D eigenvalue weighted by atomic mass is 9.96. The standard InChI is InChI=1S/C51H30N4O2/c1-2-13-31(14-3-1)49-52-50(54-51(53-49)55-42-23-7-4-17-37(42)38-18-5-8-24-43(38)55)34-16-10-15-32(29-34)35-20-12-26-45-47(35)41-22-11-21-36(48(41)57-45)33-27-28-40-39-19-6-9-25-44(39)56-46(40)30-33/h1-30H. The lowest BCUT2D eigenvalue weighted by Crippen LogP contribution is -2.06. The summed E-state index contributed by atoms with van der Waals surface area (Å²) < 4.78 is 15.1. The van der Waals surface area contributed by atoms with Crippen LogP contribution in [0.3, 0.4) is 0 Å². The topological polar surface area (TPSA) is 69.9 Å². The van der Waals surface area contributed by atoms with E-state index in [1.807, 2.05) is 54.6 Å². The van der Waals surface area contributed by atoms with Crippen molar-refractivity contribution in [2.24, 2.45) is 0 Å². The summed E-state index contributed by atoms with van der Waals surface area (Å²) in [5, 5.41) is 6.62. The third-order valence-electron chi connectivity index (χ3n) is 11.1. The van der Waals surface area contributed by atoms with Gasteiger partial charge in [0.05, 0.1) is 11.0 Å². The zero-order chi connectivity index (χ0) is 37.5.